The van der Waals surface area contributed by atoms with Gasteiger partial charge in [-0.15, -0.1) is 25.6 Å². The molecular formula is C18H26ClN3O2. The summed E-state index contributed by atoms with van der Waals surface area (Å²) in [6.07, 6.45) is 3.36. The molecule has 0 bridgehead atoms. The van der Waals surface area contributed by atoms with E-state index in [9.17, 15) is 9.59 Å². The summed E-state index contributed by atoms with van der Waals surface area (Å²) >= 11 is 0. The average molecular weight is 352 g/mol. The fourth-order valence-electron chi connectivity index (χ4n) is 2.10. The van der Waals surface area contributed by atoms with Crippen molar-refractivity contribution in [1.82, 2.24) is 10.2 Å². The van der Waals surface area contributed by atoms with E-state index >= 15 is 0 Å². The van der Waals surface area contributed by atoms with Gasteiger partial charge in [0.25, 0.3) is 5.91 Å². The Bertz CT molecular complexity index is 548. The second-order valence-electron chi connectivity index (χ2n) is 5.31. The minimum absolute atomic E-state index is 0. The van der Waals surface area contributed by atoms with E-state index in [-0.39, 0.29) is 30.1 Å². The fourth-order valence-corrected chi connectivity index (χ4v) is 2.10. The molecule has 6 heteroatoms. The van der Waals surface area contributed by atoms with Gasteiger partial charge in [0.2, 0.25) is 5.91 Å². The summed E-state index contributed by atoms with van der Waals surface area (Å²) in [5.74, 6) is -0.276. The van der Waals surface area contributed by atoms with Crippen molar-refractivity contribution in [2.24, 2.45) is 5.92 Å². The Morgan fingerprint density at radius 1 is 1.17 bits per heavy atom. The largest absolute Gasteiger partial charge is 0.331 e. The van der Waals surface area contributed by atoms with E-state index in [0.29, 0.717) is 30.9 Å². The number of carbonyl (C=O) groups is 2. The summed E-state index contributed by atoms with van der Waals surface area (Å²) in [6, 6.07) is 6.88. The van der Waals surface area contributed by atoms with E-state index in [1.807, 2.05) is 14.0 Å². The molecule has 132 valence electrons. The summed E-state index contributed by atoms with van der Waals surface area (Å²) < 4.78 is 0. The van der Waals surface area contributed by atoms with Crippen LogP contribution in [0.2, 0.25) is 0 Å². The second kappa shape index (κ2) is 11.4. The number of nitrogens with one attached hydrogen (secondary N) is 2. The quantitative estimate of drug-likeness (QED) is 0.672. The highest BCUT2D eigenvalue weighted by molar-refractivity contribution is 5.96. The molecule has 0 aromatic heterocycles. The highest BCUT2D eigenvalue weighted by Crippen LogP contribution is 2.13. The first-order chi connectivity index (χ1) is 11.0. The van der Waals surface area contributed by atoms with Crippen LogP contribution >= 0.6 is 12.4 Å². The van der Waals surface area contributed by atoms with Gasteiger partial charge in [-0.3, -0.25) is 9.59 Å². The maximum atomic E-state index is 12.4. The zero-order valence-corrected chi connectivity index (χ0v) is 15.1. The van der Waals surface area contributed by atoms with Gasteiger partial charge in [0, 0.05) is 36.8 Å². The van der Waals surface area contributed by atoms with Crippen LogP contribution in [0, 0.1) is 5.92 Å². The molecule has 0 aliphatic carbocycles. The Morgan fingerprint density at radius 2 is 1.71 bits per heavy atom. The summed E-state index contributed by atoms with van der Waals surface area (Å²) in [5, 5.41) is 5.80. The molecule has 2 N–H and O–H groups in total. The highest BCUT2D eigenvalue weighted by atomic mass is 35.5. The van der Waals surface area contributed by atoms with Gasteiger partial charge in [-0.05, 0) is 31.3 Å². The molecule has 24 heavy (non-hydrogen) atoms. The zero-order valence-electron chi connectivity index (χ0n) is 14.2. The maximum Gasteiger partial charge on any atom is 0.254 e. The van der Waals surface area contributed by atoms with Gasteiger partial charge >= 0.3 is 0 Å². The van der Waals surface area contributed by atoms with E-state index in [2.05, 4.69) is 23.8 Å². The highest BCUT2D eigenvalue weighted by Gasteiger charge is 2.14. The van der Waals surface area contributed by atoms with Gasteiger partial charge in [0.05, 0.1) is 0 Å². The van der Waals surface area contributed by atoms with Crippen LogP contribution in [-0.2, 0) is 4.79 Å². The topological polar surface area (TPSA) is 61.4 Å². The molecule has 0 saturated carbocycles. The molecule has 2 amide bonds. The smallest absolute Gasteiger partial charge is 0.254 e. The van der Waals surface area contributed by atoms with E-state index in [4.69, 9.17) is 0 Å². The van der Waals surface area contributed by atoms with Crippen molar-refractivity contribution < 1.29 is 9.59 Å². The van der Waals surface area contributed by atoms with Crippen LogP contribution in [0.4, 0.5) is 5.69 Å². The molecule has 0 spiro atoms. The number of benzene rings is 1. The first kappa shape index (κ1) is 21.9. The van der Waals surface area contributed by atoms with Gasteiger partial charge in [-0.25, -0.2) is 0 Å². The van der Waals surface area contributed by atoms with Gasteiger partial charge in [0.1, 0.15) is 0 Å². The first-order valence-corrected chi connectivity index (χ1v) is 7.60. The lowest BCUT2D eigenvalue weighted by Gasteiger charge is -2.19. The number of anilines is 1. The van der Waals surface area contributed by atoms with Crippen molar-refractivity contribution in [3.05, 3.63) is 55.1 Å². The molecule has 0 radical (unpaired) electrons. The third-order valence-electron chi connectivity index (χ3n) is 3.34. The summed E-state index contributed by atoms with van der Waals surface area (Å²) in [5.41, 5.74) is 1.24. The Labute approximate surface area is 150 Å². The molecule has 1 atom stereocenters. The van der Waals surface area contributed by atoms with Crippen molar-refractivity contribution >= 4 is 29.9 Å². The van der Waals surface area contributed by atoms with Crippen LogP contribution in [0.5, 0.6) is 0 Å². The number of rotatable bonds is 9. The van der Waals surface area contributed by atoms with Crippen LogP contribution in [0.15, 0.2) is 49.6 Å². The SMILES string of the molecule is C=CCN(CC=C)C(=O)c1ccc(NC(=O)C(C)CNC)cc1.Cl. The second-order valence-corrected chi connectivity index (χ2v) is 5.31. The van der Waals surface area contributed by atoms with Gasteiger partial charge < -0.3 is 15.5 Å². The van der Waals surface area contributed by atoms with Gasteiger partial charge in [-0.2, -0.15) is 0 Å². The standard InChI is InChI=1S/C18H25N3O2.ClH/c1-5-11-21(12-6-2)18(23)15-7-9-16(10-8-15)20-17(22)14(3)13-19-4;/h5-10,14,19H,1-2,11-13H2,3-4H3,(H,20,22);1H. The monoisotopic (exact) mass is 351 g/mol. The molecule has 1 unspecified atom stereocenters. The van der Waals surface area contributed by atoms with Crippen LogP contribution in [-0.4, -0.2) is 43.4 Å². The Kier molecular flexibility index (Phi) is 10.4. The van der Waals surface area contributed by atoms with Gasteiger partial charge in [0.15, 0.2) is 0 Å². The number of hydrogen-bond donors (Lipinski definition) is 2. The molecule has 5 nitrogen and oxygen atoms in total. The Morgan fingerprint density at radius 3 is 2.17 bits per heavy atom. The molecule has 0 fully saturated rings. The fraction of sp³-hybridized carbons (Fsp3) is 0.333. The third-order valence-corrected chi connectivity index (χ3v) is 3.34. The van der Waals surface area contributed by atoms with Crippen LogP contribution in [0.25, 0.3) is 0 Å². The normalized spacial score (nSPS) is 10.9. The summed E-state index contributed by atoms with van der Waals surface area (Å²) in [7, 11) is 1.81. The van der Waals surface area contributed by atoms with Crippen LogP contribution in [0.1, 0.15) is 17.3 Å². The van der Waals surface area contributed by atoms with Gasteiger partial charge in [-0.1, -0.05) is 19.1 Å². The minimum Gasteiger partial charge on any atom is -0.331 e. The number of carbonyl (C=O) groups excluding carboxylic acids is 2. The maximum absolute atomic E-state index is 12.4. The predicted molar refractivity (Wildman–Crippen MR) is 102 cm³/mol. The van der Waals surface area contributed by atoms with Crippen LogP contribution in [0.3, 0.4) is 0 Å². The molecular weight excluding hydrogens is 326 g/mol. The zero-order chi connectivity index (χ0) is 17.2. The van der Waals surface area contributed by atoms with E-state index in [0.717, 1.165) is 0 Å². The number of amides is 2. The molecule has 1 aromatic carbocycles. The molecule has 0 aliphatic rings. The molecule has 0 saturated heterocycles. The molecule has 1 aromatic rings. The lowest BCUT2D eigenvalue weighted by molar-refractivity contribution is -0.119. The van der Waals surface area contributed by atoms with Crippen molar-refractivity contribution in [3.8, 4) is 0 Å². The van der Waals surface area contributed by atoms with Crippen molar-refractivity contribution in [2.45, 2.75) is 6.92 Å². The molecule has 1 rings (SSSR count). The number of halogens is 1. The predicted octanol–water partition coefficient (Wildman–Crippen LogP) is 2.72. The molecule has 0 heterocycles. The van der Waals surface area contributed by atoms with E-state index in [1.165, 1.54) is 0 Å². The van der Waals surface area contributed by atoms with Crippen LogP contribution < -0.4 is 10.6 Å². The van der Waals surface area contributed by atoms with E-state index in [1.54, 1.807) is 41.3 Å². The van der Waals surface area contributed by atoms with Crippen molar-refractivity contribution in [1.29, 1.82) is 0 Å². The Balaban J connectivity index is 0.00000529. The van der Waals surface area contributed by atoms with E-state index < -0.39 is 0 Å². The number of nitrogens with zero attached hydrogens (tertiary/aromatic N) is 1. The minimum atomic E-state index is -0.128. The Hall–Kier alpha value is -2.11. The summed E-state index contributed by atoms with van der Waals surface area (Å²) in [6.45, 7) is 10.7. The third kappa shape index (κ3) is 6.56. The summed E-state index contributed by atoms with van der Waals surface area (Å²) in [4.78, 5) is 26.0. The molecule has 0 aliphatic heterocycles. The van der Waals surface area contributed by atoms with Crippen molar-refractivity contribution in [3.63, 3.8) is 0 Å². The number of hydrogen-bond acceptors (Lipinski definition) is 3. The first-order valence-electron chi connectivity index (χ1n) is 7.60. The lowest BCUT2D eigenvalue weighted by Crippen LogP contribution is -2.31. The lowest BCUT2D eigenvalue weighted by atomic mass is 10.1. The average Bonchev–Trinajstić information content (AvgIpc) is 2.55. The van der Waals surface area contributed by atoms with Crippen molar-refractivity contribution in [2.75, 3.05) is 32.0 Å².